The van der Waals surface area contributed by atoms with Gasteiger partial charge in [0.05, 0.1) is 29.8 Å². The number of para-hydroxylation sites is 1. The van der Waals surface area contributed by atoms with Crippen LogP contribution in [0, 0.1) is 0 Å². The van der Waals surface area contributed by atoms with Crippen LogP contribution in [0.15, 0.2) is 59.6 Å². The van der Waals surface area contributed by atoms with Crippen molar-refractivity contribution in [1.82, 2.24) is 10.3 Å². The van der Waals surface area contributed by atoms with Gasteiger partial charge in [0.15, 0.2) is 0 Å². The van der Waals surface area contributed by atoms with Gasteiger partial charge in [0, 0.05) is 17.2 Å². The Morgan fingerprint density at radius 2 is 1.89 bits per heavy atom. The van der Waals surface area contributed by atoms with Crippen LogP contribution in [0.1, 0.15) is 23.2 Å². The van der Waals surface area contributed by atoms with Gasteiger partial charge in [-0.05, 0) is 49.2 Å². The zero-order chi connectivity index (χ0) is 19.3. The number of hydrogen-bond acceptors (Lipinski definition) is 5. The zero-order valence-corrected chi connectivity index (χ0v) is 16.5. The van der Waals surface area contributed by atoms with Crippen molar-refractivity contribution in [3.63, 3.8) is 0 Å². The van der Waals surface area contributed by atoms with Crippen LogP contribution in [0.3, 0.4) is 0 Å². The first-order valence-corrected chi connectivity index (χ1v) is 10.3. The lowest BCUT2D eigenvalue weighted by Gasteiger charge is -2.10. The summed E-state index contributed by atoms with van der Waals surface area (Å²) in [5.41, 5.74) is 1.53. The van der Waals surface area contributed by atoms with Gasteiger partial charge in [-0.1, -0.05) is 18.2 Å². The number of ether oxygens (including phenoxy) is 2. The molecule has 4 rings (SSSR count). The molecule has 6 heteroatoms. The van der Waals surface area contributed by atoms with E-state index in [1.54, 1.807) is 18.9 Å². The number of aromatic nitrogens is 1. The Kier molecular flexibility index (Phi) is 5.67. The van der Waals surface area contributed by atoms with Gasteiger partial charge in [0.2, 0.25) is 0 Å². The number of fused-ring (bicyclic) bond motifs is 1. The molecule has 0 atom stereocenters. The highest BCUT2D eigenvalue weighted by atomic mass is 32.2. The van der Waals surface area contributed by atoms with E-state index in [-0.39, 0.29) is 5.91 Å². The van der Waals surface area contributed by atoms with Gasteiger partial charge in [0.1, 0.15) is 11.5 Å². The van der Waals surface area contributed by atoms with Crippen molar-refractivity contribution in [3.8, 4) is 11.5 Å². The van der Waals surface area contributed by atoms with E-state index in [2.05, 4.69) is 5.32 Å². The molecular formula is C22H22N2O3S. The molecule has 28 heavy (non-hydrogen) atoms. The predicted molar refractivity (Wildman–Crippen MR) is 111 cm³/mol. The molecule has 1 aliphatic carbocycles. The molecule has 1 aromatic heterocycles. The van der Waals surface area contributed by atoms with Crippen LogP contribution >= 0.6 is 11.8 Å². The molecule has 144 valence electrons. The molecule has 1 N–H and O–H groups in total. The lowest BCUT2D eigenvalue weighted by molar-refractivity contribution is 0.0952. The lowest BCUT2D eigenvalue weighted by Crippen LogP contribution is -2.25. The fourth-order valence-electron chi connectivity index (χ4n) is 2.88. The topological polar surface area (TPSA) is 60.5 Å². The number of benzene rings is 2. The van der Waals surface area contributed by atoms with Gasteiger partial charge in [-0.3, -0.25) is 4.79 Å². The van der Waals surface area contributed by atoms with Crippen LogP contribution in [-0.2, 0) is 0 Å². The van der Waals surface area contributed by atoms with Crippen molar-refractivity contribution < 1.29 is 14.3 Å². The van der Waals surface area contributed by atoms with E-state index >= 15 is 0 Å². The number of rotatable bonds is 8. The summed E-state index contributed by atoms with van der Waals surface area (Å²) in [5.74, 6) is 2.33. The smallest absolute Gasteiger partial charge is 0.252 e. The third kappa shape index (κ3) is 4.57. The number of methoxy groups -OCH3 is 1. The maximum Gasteiger partial charge on any atom is 0.252 e. The van der Waals surface area contributed by atoms with Gasteiger partial charge >= 0.3 is 0 Å². The standard InChI is InChI=1S/C22H22N2O3S/c1-26-16-8-10-17(11-9-16)27-12-13-28-21-14-19(22(25)23-15-6-7-15)18-4-2-3-5-20(18)24-21/h2-5,8-11,14-15H,6-7,12-13H2,1H3,(H,23,25). The van der Waals surface area contributed by atoms with Gasteiger partial charge in [-0.2, -0.15) is 0 Å². The van der Waals surface area contributed by atoms with Crippen molar-refractivity contribution >= 4 is 28.6 Å². The molecule has 0 spiro atoms. The molecule has 1 fully saturated rings. The van der Waals surface area contributed by atoms with E-state index in [9.17, 15) is 4.79 Å². The van der Waals surface area contributed by atoms with Crippen LogP contribution in [-0.4, -0.2) is 36.4 Å². The Hall–Kier alpha value is -2.73. The zero-order valence-electron chi connectivity index (χ0n) is 15.7. The van der Waals surface area contributed by atoms with E-state index in [1.807, 2.05) is 54.6 Å². The van der Waals surface area contributed by atoms with Crippen molar-refractivity contribution in [3.05, 3.63) is 60.2 Å². The van der Waals surface area contributed by atoms with E-state index < -0.39 is 0 Å². The summed E-state index contributed by atoms with van der Waals surface area (Å²) in [6, 6.07) is 17.5. The average Bonchev–Trinajstić information content (AvgIpc) is 3.55. The van der Waals surface area contributed by atoms with Crippen LogP contribution in [0.25, 0.3) is 10.9 Å². The molecule has 1 aliphatic rings. The number of pyridine rings is 1. The van der Waals surface area contributed by atoms with Gasteiger partial charge in [-0.15, -0.1) is 11.8 Å². The Labute approximate surface area is 168 Å². The Morgan fingerprint density at radius 3 is 2.64 bits per heavy atom. The van der Waals surface area contributed by atoms with E-state index in [1.165, 1.54) is 0 Å². The first-order valence-electron chi connectivity index (χ1n) is 9.33. The number of carbonyl (C=O) groups excluding carboxylic acids is 1. The molecular weight excluding hydrogens is 372 g/mol. The fourth-order valence-corrected chi connectivity index (χ4v) is 3.62. The second-order valence-electron chi connectivity index (χ2n) is 6.65. The minimum atomic E-state index is -0.0163. The Balaban J connectivity index is 1.42. The normalized spacial score (nSPS) is 13.3. The van der Waals surface area contributed by atoms with E-state index in [4.69, 9.17) is 14.5 Å². The van der Waals surface area contributed by atoms with Crippen LogP contribution in [0.5, 0.6) is 11.5 Å². The summed E-state index contributed by atoms with van der Waals surface area (Å²) in [4.78, 5) is 17.3. The monoisotopic (exact) mass is 394 g/mol. The molecule has 0 aliphatic heterocycles. The van der Waals surface area contributed by atoms with Crippen LogP contribution < -0.4 is 14.8 Å². The first kappa shape index (κ1) is 18.6. The SMILES string of the molecule is COc1ccc(OCCSc2cc(C(=O)NC3CC3)c3ccccc3n2)cc1. The quantitative estimate of drug-likeness (QED) is 0.456. The molecule has 0 unspecified atom stereocenters. The van der Waals surface area contributed by atoms with Crippen LogP contribution in [0.2, 0.25) is 0 Å². The predicted octanol–water partition coefficient (Wildman–Crippen LogP) is 4.31. The lowest BCUT2D eigenvalue weighted by atomic mass is 10.1. The molecule has 3 aromatic rings. The van der Waals surface area contributed by atoms with Crippen molar-refractivity contribution in [2.75, 3.05) is 19.5 Å². The summed E-state index contributed by atoms with van der Waals surface area (Å²) < 4.78 is 10.9. The number of nitrogens with zero attached hydrogens (tertiary/aromatic N) is 1. The average molecular weight is 394 g/mol. The summed E-state index contributed by atoms with van der Waals surface area (Å²) in [6.45, 7) is 0.551. The van der Waals surface area contributed by atoms with Gasteiger partial charge < -0.3 is 14.8 Å². The molecule has 1 heterocycles. The van der Waals surface area contributed by atoms with Crippen molar-refractivity contribution in [2.45, 2.75) is 23.9 Å². The second kappa shape index (κ2) is 8.52. The highest BCUT2D eigenvalue weighted by Crippen LogP contribution is 2.26. The van der Waals surface area contributed by atoms with Crippen molar-refractivity contribution in [1.29, 1.82) is 0 Å². The third-order valence-corrected chi connectivity index (χ3v) is 5.39. The highest BCUT2D eigenvalue weighted by Gasteiger charge is 2.25. The molecule has 0 bridgehead atoms. The maximum absolute atomic E-state index is 12.6. The Bertz CT molecular complexity index is 971. The summed E-state index contributed by atoms with van der Waals surface area (Å²) in [5, 5.41) is 4.80. The number of nitrogens with one attached hydrogen (secondary N) is 1. The summed E-state index contributed by atoms with van der Waals surface area (Å²) in [6.07, 6.45) is 2.14. The van der Waals surface area contributed by atoms with Crippen molar-refractivity contribution in [2.24, 2.45) is 0 Å². The summed E-state index contributed by atoms with van der Waals surface area (Å²) in [7, 11) is 1.64. The minimum Gasteiger partial charge on any atom is -0.497 e. The number of amides is 1. The molecule has 1 saturated carbocycles. The molecule has 2 aromatic carbocycles. The maximum atomic E-state index is 12.6. The van der Waals surface area contributed by atoms with Gasteiger partial charge in [0.25, 0.3) is 5.91 Å². The minimum absolute atomic E-state index is 0.0163. The molecule has 5 nitrogen and oxygen atoms in total. The highest BCUT2D eigenvalue weighted by molar-refractivity contribution is 7.99. The number of thioether (sulfide) groups is 1. The number of hydrogen-bond donors (Lipinski definition) is 1. The molecule has 1 amide bonds. The third-order valence-electron chi connectivity index (χ3n) is 4.51. The largest absolute Gasteiger partial charge is 0.497 e. The molecule has 0 radical (unpaired) electrons. The molecule has 0 saturated heterocycles. The van der Waals surface area contributed by atoms with E-state index in [0.717, 1.165) is 46.0 Å². The van der Waals surface area contributed by atoms with E-state index in [0.29, 0.717) is 18.2 Å². The van der Waals surface area contributed by atoms with Crippen LogP contribution in [0.4, 0.5) is 0 Å². The second-order valence-corrected chi connectivity index (χ2v) is 7.76. The first-order chi connectivity index (χ1) is 13.7. The summed E-state index contributed by atoms with van der Waals surface area (Å²) >= 11 is 1.59. The Morgan fingerprint density at radius 1 is 1.14 bits per heavy atom. The fraction of sp³-hybridized carbons (Fsp3) is 0.273. The number of carbonyl (C=O) groups is 1. The van der Waals surface area contributed by atoms with Gasteiger partial charge in [-0.25, -0.2) is 4.98 Å².